The number of hydrogen-bond acceptors (Lipinski definition) is 6. The number of aromatic nitrogens is 3. The molecule has 0 saturated heterocycles. The summed E-state index contributed by atoms with van der Waals surface area (Å²) < 4.78 is 50.5. The van der Waals surface area contributed by atoms with Crippen LogP contribution in [-0.4, -0.2) is 48.7 Å². The molecule has 0 saturated carbocycles. The largest absolute Gasteiger partial charge is 0.491 e. The van der Waals surface area contributed by atoms with Gasteiger partial charge in [0.25, 0.3) is 5.88 Å². The van der Waals surface area contributed by atoms with Gasteiger partial charge in [0.05, 0.1) is 42.2 Å². The van der Waals surface area contributed by atoms with Crippen LogP contribution in [0.4, 0.5) is 4.39 Å². The second-order valence-electron chi connectivity index (χ2n) is 8.28. The molecule has 10 heteroatoms. The quantitative estimate of drug-likeness (QED) is 0.395. The van der Waals surface area contributed by atoms with Gasteiger partial charge >= 0.3 is 5.69 Å². The van der Waals surface area contributed by atoms with Crippen molar-refractivity contribution in [3.63, 3.8) is 0 Å². The van der Waals surface area contributed by atoms with E-state index in [2.05, 4.69) is 9.97 Å². The van der Waals surface area contributed by atoms with E-state index in [1.54, 1.807) is 37.3 Å². The van der Waals surface area contributed by atoms with E-state index in [1.807, 2.05) is 13.0 Å². The molecule has 2 aromatic carbocycles. The fraction of sp³-hybridized carbons (Fsp3) is 0.280. The standard InChI is InChI=1S/C25H26FN3O5S/c1-5-34-24-23(33-3)11-9-19(27-24)22(14-35(4,31)32)29-21-10-6-16(13-20(21)28-25(29)30)18-8-7-17(26)12-15(18)2/h6-13,22H,5,14H2,1-4H3,(H,28,30)/t22-/m1/s1. The van der Waals surface area contributed by atoms with Crippen LogP contribution < -0.4 is 15.2 Å². The van der Waals surface area contributed by atoms with Crippen molar-refractivity contribution in [2.75, 3.05) is 25.7 Å². The Morgan fingerprint density at radius 3 is 2.57 bits per heavy atom. The van der Waals surface area contributed by atoms with Crippen LogP contribution in [0.3, 0.4) is 0 Å². The lowest BCUT2D eigenvalue weighted by atomic mass is 10.00. The number of ether oxygens (including phenoxy) is 2. The summed E-state index contributed by atoms with van der Waals surface area (Å²) in [5.41, 5.74) is 3.29. The minimum atomic E-state index is -3.51. The summed E-state index contributed by atoms with van der Waals surface area (Å²) in [6.07, 6.45) is 1.11. The van der Waals surface area contributed by atoms with Gasteiger partial charge in [-0.3, -0.25) is 4.57 Å². The molecule has 1 N–H and O–H groups in total. The molecule has 8 nitrogen and oxygen atoms in total. The summed E-state index contributed by atoms with van der Waals surface area (Å²) in [7, 11) is -2.02. The van der Waals surface area contributed by atoms with Crippen molar-refractivity contribution < 1.29 is 22.3 Å². The van der Waals surface area contributed by atoms with Gasteiger partial charge in [0.1, 0.15) is 15.7 Å². The van der Waals surface area contributed by atoms with Gasteiger partial charge in [0.2, 0.25) is 0 Å². The van der Waals surface area contributed by atoms with Gasteiger partial charge in [-0.15, -0.1) is 0 Å². The van der Waals surface area contributed by atoms with E-state index >= 15 is 0 Å². The number of pyridine rings is 1. The Bertz CT molecular complexity index is 1560. The molecule has 0 aliphatic carbocycles. The van der Waals surface area contributed by atoms with E-state index in [9.17, 15) is 17.6 Å². The minimum absolute atomic E-state index is 0.216. The Morgan fingerprint density at radius 2 is 1.91 bits per heavy atom. The summed E-state index contributed by atoms with van der Waals surface area (Å²) in [4.78, 5) is 20.4. The van der Waals surface area contributed by atoms with Crippen molar-refractivity contribution in [1.82, 2.24) is 14.5 Å². The highest BCUT2D eigenvalue weighted by Crippen LogP contribution is 2.31. The van der Waals surface area contributed by atoms with Crippen molar-refractivity contribution >= 4 is 20.9 Å². The zero-order valence-corrected chi connectivity index (χ0v) is 20.6. The Balaban J connectivity index is 1.88. The summed E-state index contributed by atoms with van der Waals surface area (Å²) in [6, 6.07) is 12.2. The number of methoxy groups -OCH3 is 1. The molecule has 2 heterocycles. The van der Waals surface area contributed by atoms with Gasteiger partial charge in [-0.1, -0.05) is 12.1 Å². The number of nitrogens with zero attached hydrogens (tertiary/aromatic N) is 2. The number of hydrogen-bond donors (Lipinski definition) is 1. The predicted octanol–water partition coefficient (Wildman–Crippen LogP) is 3.88. The normalized spacial score (nSPS) is 12.6. The molecule has 2 aromatic heterocycles. The van der Waals surface area contributed by atoms with Crippen LogP contribution in [0, 0.1) is 12.7 Å². The third kappa shape index (κ3) is 5.07. The van der Waals surface area contributed by atoms with E-state index in [-0.39, 0.29) is 17.5 Å². The second kappa shape index (κ2) is 9.53. The van der Waals surface area contributed by atoms with E-state index in [4.69, 9.17) is 9.47 Å². The predicted molar refractivity (Wildman–Crippen MR) is 132 cm³/mol. The van der Waals surface area contributed by atoms with Gasteiger partial charge in [-0.05, 0) is 66.9 Å². The van der Waals surface area contributed by atoms with Crippen molar-refractivity contribution in [2.45, 2.75) is 19.9 Å². The number of rotatable bonds is 8. The molecule has 1 atom stereocenters. The van der Waals surface area contributed by atoms with Crippen LogP contribution in [-0.2, 0) is 9.84 Å². The summed E-state index contributed by atoms with van der Waals surface area (Å²) in [5.74, 6) is -0.0509. The molecule has 0 aliphatic rings. The van der Waals surface area contributed by atoms with Crippen LogP contribution in [0.25, 0.3) is 22.2 Å². The highest BCUT2D eigenvalue weighted by Gasteiger charge is 2.26. The van der Waals surface area contributed by atoms with Crippen LogP contribution in [0.5, 0.6) is 11.6 Å². The minimum Gasteiger partial charge on any atom is -0.491 e. The molecular weight excluding hydrogens is 473 g/mol. The molecule has 0 unspecified atom stereocenters. The number of imidazole rings is 1. The summed E-state index contributed by atoms with van der Waals surface area (Å²) >= 11 is 0. The number of aryl methyl sites for hydroxylation is 1. The zero-order valence-electron chi connectivity index (χ0n) is 19.8. The topological polar surface area (TPSA) is 103 Å². The Kier molecular flexibility index (Phi) is 6.66. The Hall–Kier alpha value is -3.66. The lowest BCUT2D eigenvalue weighted by Crippen LogP contribution is -2.29. The molecule has 0 fully saturated rings. The van der Waals surface area contributed by atoms with Crippen molar-refractivity contribution in [3.05, 3.63) is 76.1 Å². The monoisotopic (exact) mass is 499 g/mol. The Labute approximate surface area is 202 Å². The van der Waals surface area contributed by atoms with Crippen molar-refractivity contribution in [2.24, 2.45) is 0 Å². The number of sulfone groups is 1. The first-order valence-electron chi connectivity index (χ1n) is 11.0. The van der Waals surface area contributed by atoms with Gasteiger partial charge < -0.3 is 14.5 Å². The highest BCUT2D eigenvalue weighted by molar-refractivity contribution is 7.90. The maximum Gasteiger partial charge on any atom is 0.327 e. The van der Waals surface area contributed by atoms with E-state index < -0.39 is 21.6 Å². The SMILES string of the molecule is CCOc1nc([C@@H](CS(C)(=O)=O)n2c(=O)[nH]c3cc(-c4ccc(F)cc4C)ccc32)ccc1OC. The number of nitrogens with one attached hydrogen (secondary N) is 1. The fourth-order valence-corrected chi connectivity index (χ4v) is 5.05. The maximum absolute atomic E-state index is 13.6. The highest BCUT2D eigenvalue weighted by atomic mass is 32.2. The molecule has 0 amide bonds. The average Bonchev–Trinajstić information content (AvgIpc) is 3.11. The average molecular weight is 500 g/mol. The van der Waals surface area contributed by atoms with Crippen LogP contribution in [0.15, 0.2) is 53.3 Å². The molecule has 35 heavy (non-hydrogen) atoms. The summed E-state index contributed by atoms with van der Waals surface area (Å²) in [5, 5.41) is 0. The first-order valence-corrected chi connectivity index (χ1v) is 13.0. The van der Waals surface area contributed by atoms with Crippen LogP contribution >= 0.6 is 0 Å². The van der Waals surface area contributed by atoms with Crippen molar-refractivity contribution in [3.8, 4) is 22.8 Å². The molecular formula is C25H26FN3O5S. The first-order chi connectivity index (χ1) is 16.6. The van der Waals surface area contributed by atoms with Crippen LogP contribution in [0.2, 0.25) is 0 Å². The lowest BCUT2D eigenvalue weighted by molar-refractivity contribution is 0.296. The fourth-order valence-electron chi connectivity index (χ4n) is 4.16. The Morgan fingerprint density at radius 1 is 1.14 bits per heavy atom. The van der Waals surface area contributed by atoms with Gasteiger partial charge in [-0.2, -0.15) is 0 Å². The molecule has 0 radical (unpaired) electrons. The number of fused-ring (bicyclic) bond motifs is 1. The smallest absolute Gasteiger partial charge is 0.327 e. The first kappa shape index (κ1) is 24.5. The van der Waals surface area contributed by atoms with E-state index in [0.29, 0.717) is 29.1 Å². The third-order valence-electron chi connectivity index (χ3n) is 5.68. The van der Waals surface area contributed by atoms with Crippen molar-refractivity contribution in [1.29, 1.82) is 0 Å². The van der Waals surface area contributed by atoms with Gasteiger partial charge in [0.15, 0.2) is 5.75 Å². The van der Waals surface area contributed by atoms with Gasteiger partial charge in [-0.25, -0.2) is 22.6 Å². The molecule has 0 spiro atoms. The van der Waals surface area contributed by atoms with Gasteiger partial charge in [0, 0.05) is 6.26 Å². The number of halogens is 1. The second-order valence-corrected chi connectivity index (χ2v) is 10.5. The number of benzene rings is 2. The van der Waals surface area contributed by atoms with Crippen LogP contribution in [0.1, 0.15) is 24.2 Å². The van der Waals surface area contributed by atoms with E-state index in [0.717, 1.165) is 22.9 Å². The van der Waals surface area contributed by atoms with E-state index in [1.165, 1.54) is 23.8 Å². The molecule has 4 rings (SSSR count). The zero-order chi connectivity index (χ0) is 25.3. The number of aromatic amines is 1. The molecule has 0 bridgehead atoms. The lowest BCUT2D eigenvalue weighted by Gasteiger charge is -2.19. The summed E-state index contributed by atoms with van der Waals surface area (Å²) in [6.45, 7) is 3.94. The molecule has 184 valence electrons. The molecule has 0 aliphatic heterocycles. The number of H-pyrrole nitrogens is 1. The third-order valence-corrected chi connectivity index (χ3v) is 6.60. The molecule has 4 aromatic rings. The maximum atomic E-state index is 13.6.